The molecule has 1 heterocycles. The maximum atomic E-state index is 10.7. The summed E-state index contributed by atoms with van der Waals surface area (Å²) in [5.74, 6) is -0.00190. The van der Waals surface area contributed by atoms with Crippen molar-refractivity contribution in [3.63, 3.8) is 0 Å². The number of carbonyl (C=O) groups excluding carboxylic acids is 1. The van der Waals surface area contributed by atoms with Crippen LogP contribution in [0.3, 0.4) is 0 Å². The van der Waals surface area contributed by atoms with Crippen LogP contribution in [0, 0.1) is 0 Å². The van der Waals surface area contributed by atoms with Crippen LogP contribution in [0.2, 0.25) is 0 Å². The van der Waals surface area contributed by atoms with Gasteiger partial charge in [0.1, 0.15) is 12.7 Å². The molecule has 13 heavy (non-hydrogen) atoms. The van der Waals surface area contributed by atoms with Gasteiger partial charge in [-0.2, -0.15) is 0 Å². The van der Waals surface area contributed by atoms with Crippen molar-refractivity contribution in [3.05, 3.63) is 12.7 Å². The first-order valence-electron chi connectivity index (χ1n) is 2.99. The van der Waals surface area contributed by atoms with Crippen molar-refractivity contribution in [2.75, 3.05) is 5.32 Å². The second kappa shape index (κ2) is 4.42. The molecule has 0 aliphatic carbocycles. The fraction of sp³-hybridized carbons (Fsp3) is 0. The summed E-state index contributed by atoms with van der Waals surface area (Å²) in [5.41, 5.74) is 0. The van der Waals surface area contributed by atoms with Crippen LogP contribution in [0.15, 0.2) is 12.7 Å². The monoisotopic (exact) mass is 203 g/mol. The fourth-order valence-electron chi connectivity index (χ4n) is 0.510. The molecule has 2 amide bonds. The molecule has 9 heteroatoms. The van der Waals surface area contributed by atoms with E-state index >= 15 is 0 Å². The molecule has 0 saturated carbocycles. The van der Waals surface area contributed by atoms with E-state index in [9.17, 15) is 9.00 Å². The Balaban J connectivity index is 2.50. The standard InChI is InChI=1S/C4H5N5O3S/c10-4(9-13(11)12)8-3-6-1-5-2-7-3/h1-2H,(H,11,12)(H2,5,6,7,8,9,10). The molecule has 0 fully saturated rings. The first-order valence-corrected chi connectivity index (χ1v) is 4.09. The molecule has 0 aliphatic rings. The quantitative estimate of drug-likeness (QED) is 0.538. The molecule has 3 N–H and O–H groups in total. The highest BCUT2D eigenvalue weighted by atomic mass is 32.2. The average Bonchev–Trinajstić information content (AvgIpc) is 2.04. The van der Waals surface area contributed by atoms with Crippen molar-refractivity contribution < 1.29 is 13.6 Å². The van der Waals surface area contributed by atoms with Crippen molar-refractivity contribution in [2.24, 2.45) is 0 Å². The van der Waals surface area contributed by atoms with E-state index < -0.39 is 17.3 Å². The van der Waals surface area contributed by atoms with Crippen LogP contribution in [-0.2, 0) is 11.3 Å². The molecule has 1 atom stereocenters. The van der Waals surface area contributed by atoms with E-state index in [2.05, 4.69) is 20.3 Å². The number of hydrogen-bond donors (Lipinski definition) is 3. The van der Waals surface area contributed by atoms with Crippen LogP contribution in [0.5, 0.6) is 0 Å². The number of nitrogens with one attached hydrogen (secondary N) is 2. The molecular weight excluding hydrogens is 198 g/mol. The lowest BCUT2D eigenvalue weighted by atomic mass is 10.9. The van der Waals surface area contributed by atoms with Crippen LogP contribution in [-0.4, -0.2) is 29.7 Å². The van der Waals surface area contributed by atoms with Crippen molar-refractivity contribution in [2.45, 2.75) is 0 Å². The lowest BCUT2D eigenvalue weighted by Gasteiger charge is -2.00. The van der Waals surface area contributed by atoms with Gasteiger partial charge in [0.05, 0.1) is 0 Å². The van der Waals surface area contributed by atoms with E-state index in [-0.39, 0.29) is 5.95 Å². The predicted molar refractivity (Wildman–Crippen MR) is 42.8 cm³/mol. The number of rotatable bonds is 2. The topological polar surface area (TPSA) is 117 Å². The normalized spacial score (nSPS) is 11.8. The Morgan fingerprint density at radius 2 is 2.08 bits per heavy atom. The molecule has 1 unspecified atom stereocenters. The van der Waals surface area contributed by atoms with Gasteiger partial charge in [0.15, 0.2) is 0 Å². The van der Waals surface area contributed by atoms with E-state index in [1.165, 1.54) is 12.7 Å². The van der Waals surface area contributed by atoms with Crippen molar-refractivity contribution in [1.29, 1.82) is 0 Å². The molecule has 8 nitrogen and oxygen atoms in total. The third kappa shape index (κ3) is 3.53. The van der Waals surface area contributed by atoms with Crippen LogP contribution < -0.4 is 10.0 Å². The summed E-state index contributed by atoms with van der Waals surface area (Å²) in [6.07, 6.45) is 2.36. The lowest BCUT2D eigenvalue weighted by Crippen LogP contribution is -2.30. The minimum Gasteiger partial charge on any atom is -0.289 e. The number of hydrogen-bond acceptors (Lipinski definition) is 5. The average molecular weight is 203 g/mol. The Morgan fingerprint density at radius 1 is 1.46 bits per heavy atom. The van der Waals surface area contributed by atoms with Gasteiger partial charge in [-0.15, -0.1) is 0 Å². The van der Waals surface area contributed by atoms with Gasteiger partial charge in [0, 0.05) is 0 Å². The summed E-state index contributed by atoms with van der Waals surface area (Å²) in [7, 11) is 0. The summed E-state index contributed by atoms with van der Waals surface area (Å²) in [4.78, 5) is 21.4. The molecule has 0 bridgehead atoms. The Kier molecular flexibility index (Phi) is 3.23. The molecule has 70 valence electrons. The van der Waals surface area contributed by atoms with E-state index in [4.69, 9.17) is 4.55 Å². The van der Waals surface area contributed by atoms with Crippen LogP contribution in [0.25, 0.3) is 0 Å². The zero-order valence-electron chi connectivity index (χ0n) is 6.17. The SMILES string of the molecule is O=C(Nc1ncncn1)NS(=O)O. The highest BCUT2D eigenvalue weighted by Gasteiger charge is 2.04. The summed E-state index contributed by atoms with van der Waals surface area (Å²) < 4.78 is 20.0. The first-order chi connectivity index (χ1) is 6.18. The van der Waals surface area contributed by atoms with E-state index in [1.807, 2.05) is 0 Å². The molecule has 0 aromatic carbocycles. The van der Waals surface area contributed by atoms with Gasteiger partial charge in [0.25, 0.3) is 11.3 Å². The Bertz CT molecular complexity index is 317. The number of carbonyl (C=O) groups is 1. The van der Waals surface area contributed by atoms with Gasteiger partial charge < -0.3 is 0 Å². The second-order valence-corrected chi connectivity index (χ2v) is 2.47. The van der Waals surface area contributed by atoms with Crippen LogP contribution in [0.4, 0.5) is 10.7 Å². The molecule has 0 saturated heterocycles. The van der Waals surface area contributed by atoms with E-state index in [0.717, 1.165) is 0 Å². The molecule has 1 aromatic heterocycles. The van der Waals surface area contributed by atoms with Crippen molar-refractivity contribution in [3.8, 4) is 0 Å². The van der Waals surface area contributed by atoms with E-state index in [0.29, 0.717) is 0 Å². The van der Waals surface area contributed by atoms with Crippen LogP contribution in [0.1, 0.15) is 0 Å². The van der Waals surface area contributed by atoms with Gasteiger partial charge in [-0.1, -0.05) is 0 Å². The number of urea groups is 1. The molecular formula is C4H5N5O3S. The summed E-state index contributed by atoms with van der Waals surface area (Å²) in [6.45, 7) is 0. The molecule has 1 rings (SSSR count). The summed E-state index contributed by atoms with van der Waals surface area (Å²) in [6, 6.07) is -0.868. The predicted octanol–water partition coefficient (Wildman–Crippen LogP) is -0.870. The third-order valence-electron chi connectivity index (χ3n) is 0.899. The second-order valence-electron chi connectivity index (χ2n) is 1.77. The van der Waals surface area contributed by atoms with Gasteiger partial charge >= 0.3 is 6.03 Å². The maximum Gasteiger partial charge on any atom is 0.335 e. The number of aromatic nitrogens is 3. The third-order valence-corrected chi connectivity index (χ3v) is 1.26. The van der Waals surface area contributed by atoms with E-state index in [1.54, 1.807) is 4.72 Å². The number of anilines is 1. The lowest BCUT2D eigenvalue weighted by molar-refractivity contribution is 0.256. The highest BCUT2D eigenvalue weighted by Crippen LogP contribution is 1.90. The zero-order valence-corrected chi connectivity index (χ0v) is 6.98. The van der Waals surface area contributed by atoms with Gasteiger partial charge in [-0.3, -0.25) is 9.87 Å². The minimum absolute atomic E-state index is 0.00190. The Labute approximate surface area is 75.2 Å². The van der Waals surface area contributed by atoms with Crippen molar-refractivity contribution in [1.82, 2.24) is 19.7 Å². The fourth-order valence-corrected chi connectivity index (χ4v) is 0.720. The summed E-state index contributed by atoms with van der Waals surface area (Å²) in [5, 5.41) is 2.11. The number of amides is 2. The molecule has 0 aliphatic heterocycles. The minimum atomic E-state index is -2.40. The largest absolute Gasteiger partial charge is 0.335 e. The molecule has 0 spiro atoms. The van der Waals surface area contributed by atoms with Crippen LogP contribution >= 0.6 is 0 Å². The zero-order chi connectivity index (χ0) is 9.68. The van der Waals surface area contributed by atoms with Gasteiger partial charge in [-0.25, -0.2) is 28.7 Å². The first kappa shape index (κ1) is 9.48. The number of nitrogens with zero attached hydrogens (tertiary/aromatic N) is 3. The van der Waals surface area contributed by atoms with Crippen molar-refractivity contribution >= 4 is 23.2 Å². The molecule has 1 aromatic rings. The molecule has 0 radical (unpaired) electrons. The van der Waals surface area contributed by atoms with Gasteiger partial charge in [0.2, 0.25) is 5.95 Å². The highest BCUT2D eigenvalue weighted by molar-refractivity contribution is 7.77. The Hall–Kier alpha value is -1.61. The Morgan fingerprint density at radius 3 is 2.62 bits per heavy atom. The summed E-state index contributed by atoms with van der Waals surface area (Å²) >= 11 is -2.40. The maximum absolute atomic E-state index is 10.7. The van der Waals surface area contributed by atoms with Gasteiger partial charge in [-0.05, 0) is 0 Å². The smallest absolute Gasteiger partial charge is 0.289 e.